The van der Waals surface area contributed by atoms with Gasteiger partial charge in [-0.2, -0.15) is 9.13 Å². The summed E-state index contributed by atoms with van der Waals surface area (Å²) >= 11 is 0. The molecule has 15 rings (SSSR count). The summed E-state index contributed by atoms with van der Waals surface area (Å²) in [6.07, 6.45) is 4.54. The van der Waals surface area contributed by atoms with Crippen molar-refractivity contribution >= 4 is 55.1 Å². The van der Waals surface area contributed by atoms with Crippen LogP contribution in [0.2, 0.25) is 0 Å². The molecular weight excluding hydrogens is 651 g/mol. The fourth-order valence-corrected chi connectivity index (χ4v) is 11.5. The fourth-order valence-electron chi connectivity index (χ4n) is 11.5. The number of hydrogen-bond donors (Lipinski definition) is 0. The summed E-state index contributed by atoms with van der Waals surface area (Å²) in [6, 6.07) is 54.2. The Labute approximate surface area is 302 Å². The molecule has 242 valence electrons. The minimum Gasteiger partial charge on any atom is -0.444 e. The van der Waals surface area contributed by atoms with Crippen molar-refractivity contribution in [2.24, 2.45) is 0 Å². The molecule has 4 aliphatic heterocycles. The fraction of sp³-hybridized carbons (Fsp3) is 0.0213. The van der Waals surface area contributed by atoms with Gasteiger partial charge in [-0.25, -0.2) is 0 Å². The third-order valence-electron chi connectivity index (χ3n) is 13.1. The lowest BCUT2D eigenvalue weighted by molar-refractivity contribution is -1.03. The minimum atomic E-state index is -0.533. The first kappa shape index (κ1) is 25.9. The number of ether oxygens (including phenoxy) is 1. The first-order valence-electron chi connectivity index (χ1n) is 18.4. The molecule has 1 aliphatic carbocycles. The molecule has 5 aliphatic rings. The highest BCUT2D eigenvalue weighted by atomic mass is 16.5. The quantitative estimate of drug-likeness (QED) is 0.116. The number of aromatic nitrogens is 4. The van der Waals surface area contributed by atoms with Crippen molar-refractivity contribution in [1.29, 1.82) is 0 Å². The second-order valence-corrected chi connectivity index (χ2v) is 15.0. The van der Waals surface area contributed by atoms with Gasteiger partial charge in [0.25, 0.3) is 0 Å². The molecule has 2 spiro atoms. The van der Waals surface area contributed by atoms with Crippen LogP contribution in [0, 0.1) is 0 Å². The molecular formula is C47H26N5O+3. The molecule has 6 heteroatoms. The molecule has 0 bridgehead atoms. The van der Waals surface area contributed by atoms with E-state index in [0.29, 0.717) is 4.70 Å². The van der Waals surface area contributed by atoms with E-state index in [2.05, 4.69) is 176 Å². The van der Waals surface area contributed by atoms with Gasteiger partial charge in [0.15, 0.2) is 12.4 Å². The van der Waals surface area contributed by atoms with E-state index in [1.807, 2.05) is 0 Å². The predicted octanol–water partition coefficient (Wildman–Crippen LogP) is 9.43. The number of pyridine rings is 2. The Bertz CT molecular complexity index is 3410. The van der Waals surface area contributed by atoms with Crippen molar-refractivity contribution in [2.75, 3.05) is 0 Å². The average molecular weight is 677 g/mol. The molecule has 0 N–H and O–H groups in total. The zero-order valence-corrected chi connectivity index (χ0v) is 28.2. The molecule has 10 aromatic rings. The highest BCUT2D eigenvalue weighted by Gasteiger charge is 2.69. The van der Waals surface area contributed by atoms with Crippen LogP contribution in [-0.2, 0) is 5.41 Å². The van der Waals surface area contributed by atoms with Crippen LogP contribution >= 0.6 is 0 Å². The Morgan fingerprint density at radius 3 is 2.04 bits per heavy atom. The third-order valence-corrected chi connectivity index (χ3v) is 13.1. The van der Waals surface area contributed by atoms with Crippen molar-refractivity contribution in [2.45, 2.75) is 5.41 Å². The van der Waals surface area contributed by atoms with Gasteiger partial charge < -0.3 is 4.74 Å². The van der Waals surface area contributed by atoms with Gasteiger partial charge in [0.1, 0.15) is 11.0 Å². The third kappa shape index (κ3) is 2.38. The number of quaternary nitrogens is 1. The highest BCUT2D eigenvalue weighted by Crippen LogP contribution is 2.66. The summed E-state index contributed by atoms with van der Waals surface area (Å²) < 4.78 is 17.5. The maximum atomic E-state index is 7.19. The van der Waals surface area contributed by atoms with E-state index in [9.17, 15) is 0 Å². The standard InChI is InChI=1S/C47H26N5O/c1-4-16-33-27(11-1)28-12-2-5-17-34(28)47(33)35-18-9-14-30-32-15-10-26-49-46(32)51(41(30)35)43-36(47)22-24-39-45(43)52(49)44-38(53-39)23-21-31-29-13-3-6-19-37(29)50(42(31)44)40-20-7-8-25-48(40)52/h1-26H/q+3. The van der Waals surface area contributed by atoms with E-state index in [1.165, 1.54) is 82.8 Å². The van der Waals surface area contributed by atoms with Crippen LogP contribution in [0.3, 0.4) is 0 Å². The van der Waals surface area contributed by atoms with Gasteiger partial charge in [-0.3, -0.25) is 0 Å². The van der Waals surface area contributed by atoms with Crippen LogP contribution < -0.4 is 18.8 Å². The van der Waals surface area contributed by atoms with Gasteiger partial charge in [0.05, 0.1) is 15.5 Å². The molecule has 0 amide bonds. The molecule has 8 heterocycles. The number of para-hydroxylation sites is 2. The SMILES string of the molecule is c1ccc2c(c1)-c1ccccc1C21c2ccc3c4c2-n2c5c1cccc5c1ccc[n+](c12)[N+]41c2c(ccc4c5ccccc5n(c24)-c2cccc[n+]21)O3. The molecule has 6 aromatic carbocycles. The van der Waals surface area contributed by atoms with Crippen molar-refractivity contribution in [3.05, 3.63) is 180 Å². The molecule has 4 aromatic heterocycles. The lowest BCUT2D eigenvalue weighted by atomic mass is 9.65. The topological polar surface area (TPSA) is 26.8 Å². The molecule has 1 atom stereocenters. The van der Waals surface area contributed by atoms with Crippen LogP contribution in [0.5, 0.6) is 11.5 Å². The van der Waals surface area contributed by atoms with E-state index in [-0.39, 0.29) is 0 Å². The zero-order valence-electron chi connectivity index (χ0n) is 28.2. The molecule has 6 nitrogen and oxygen atoms in total. The normalized spacial score (nSPS) is 17.8. The smallest absolute Gasteiger partial charge is 0.350 e. The number of fused-ring (bicyclic) bond motifs is 13. The Balaban J connectivity index is 1.26. The van der Waals surface area contributed by atoms with E-state index >= 15 is 0 Å². The summed E-state index contributed by atoms with van der Waals surface area (Å²) in [4.78, 5) is 0. The molecule has 0 saturated carbocycles. The van der Waals surface area contributed by atoms with Gasteiger partial charge in [-0.05, 0) is 92.3 Å². The Hall–Kier alpha value is -7.02. The van der Waals surface area contributed by atoms with Crippen molar-refractivity contribution in [3.63, 3.8) is 0 Å². The van der Waals surface area contributed by atoms with E-state index in [0.717, 1.165) is 28.7 Å². The predicted molar refractivity (Wildman–Crippen MR) is 205 cm³/mol. The first-order valence-corrected chi connectivity index (χ1v) is 18.4. The monoisotopic (exact) mass is 676 g/mol. The van der Waals surface area contributed by atoms with Gasteiger partial charge in [0, 0.05) is 33.4 Å². The molecule has 53 heavy (non-hydrogen) atoms. The number of rotatable bonds is 0. The Morgan fingerprint density at radius 1 is 0.472 bits per heavy atom. The lowest BCUT2D eigenvalue weighted by Gasteiger charge is -2.42. The lowest BCUT2D eigenvalue weighted by Crippen LogP contribution is -2.86. The summed E-state index contributed by atoms with van der Waals surface area (Å²) in [5.74, 6) is 2.84. The minimum absolute atomic E-state index is 0.306. The van der Waals surface area contributed by atoms with E-state index in [4.69, 9.17) is 4.74 Å². The molecule has 0 saturated heterocycles. The van der Waals surface area contributed by atoms with E-state index in [1.54, 1.807) is 0 Å². The maximum Gasteiger partial charge on any atom is 0.350 e. The Kier molecular flexibility index (Phi) is 3.93. The van der Waals surface area contributed by atoms with Gasteiger partial charge in [0.2, 0.25) is 22.7 Å². The summed E-state index contributed by atoms with van der Waals surface area (Å²) in [6.45, 7) is 0. The van der Waals surface area contributed by atoms with Crippen LogP contribution in [0.25, 0.3) is 66.4 Å². The second-order valence-electron chi connectivity index (χ2n) is 15.0. The Morgan fingerprint density at radius 2 is 1.15 bits per heavy atom. The number of nitrogens with zero attached hydrogens (tertiary/aromatic N) is 5. The van der Waals surface area contributed by atoms with Crippen molar-refractivity contribution in [1.82, 2.24) is 13.8 Å². The van der Waals surface area contributed by atoms with Crippen molar-refractivity contribution < 1.29 is 14.1 Å². The summed E-state index contributed by atoms with van der Waals surface area (Å²) in [5.41, 5.74) is 15.6. The number of hydrogen-bond acceptors (Lipinski definition) is 1. The largest absolute Gasteiger partial charge is 0.444 e. The molecule has 1 unspecified atom stereocenters. The second kappa shape index (κ2) is 8.05. The zero-order chi connectivity index (χ0) is 33.9. The summed E-state index contributed by atoms with van der Waals surface area (Å²) in [5, 5.41) is 4.96. The average Bonchev–Trinajstić information content (AvgIpc) is 3.85. The maximum absolute atomic E-state index is 7.19. The van der Waals surface area contributed by atoms with Crippen LogP contribution in [-0.4, -0.2) is 9.13 Å². The summed E-state index contributed by atoms with van der Waals surface area (Å²) in [7, 11) is 0. The van der Waals surface area contributed by atoms with E-state index < -0.39 is 5.41 Å². The highest BCUT2D eigenvalue weighted by molar-refractivity contribution is 6.16. The van der Waals surface area contributed by atoms with Crippen LogP contribution in [0.15, 0.2) is 158 Å². The van der Waals surface area contributed by atoms with Crippen LogP contribution in [0.1, 0.15) is 22.3 Å². The van der Waals surface area contributed by atoms with Gasteiger partial charge in [-0.15, -0.1) is 0 Å². The first-order chi connectivity index (χ1) is 26.3. The van der Waals surface area contributed by atoms with Gasteiger partial charge in [-0.1, -0.05) is 78.9 Å². The molecule has 0 fully saturated rings. The van der Waals surface area contributed by atoms with Crippen molar-refractivity contribution in [3.8, 4) is 34.1 Å². The van der Waals surface area contributed by atoms with Gasteiger partial charge >= 0.3 is 22.8 Å². The molecule has 0 radical (unpaired) electrons. The number of benzene rings is 6. The van der Waals surface area contributed by atoms with Crippen LogP contribution in [0.4, 0.5) is 11.4 Å².